The summed E-state index contributed by atoms with van der Waals surface area (Å²) in [5, 5.41) is 15.4. The van der Waals surface area contributed by atoms with Crippen LogP contribution >= 0.6 is 0 Å². The SMILES string of the molecule is Cc1ccc(S(=O)(=O)n2ncc3cc(CC(NC(=O)O)C(N)=O)ccc32)cc1. The Bertz CT molecular complexity index is 1150. The Kier molecular flexibility index (Phi) is 5.06. The highest BCUT2D eigenvalue weighted by Gasteiger charge is 2.22. The Morgan fingerprint density at radius 3 is 2.50 bits per heavy atom. The number of hydrogen-bond donors (Lipinski definition) is 3. The maximum Gasteiger partial charge on any atom is 0.405 e. The first kappa shape index (κ1) is 19.4. The van der Waals surface area contributed by atoms with Gasteiger partial charge in [0, 0.05) is 11.8 Å². The second-order valence-corrected chi connectivity index (χ2v) is 8.07. The zero-order valence-corrected chi connectivity index (χ0v) is 15.7. The van der Waals surface area contributed by atoms with Gasteiger partial charge in [0.2, 0.25) is 5.91 Å². The van der Waals surface area contributed by atoms with E-state index in [0.717, 1.165) is 9.65 Å². The van der Waals surface area contributed by atoms with Crippen LogP contribution in [0.1, 0.15) is 11.1 Å². The Morgan fingerprint density at radius 2 is 1.89 bits per heavy atom. The summed E-state index contributed by atoms with van der Waals surface area (Å²) in [7, 11) is -3.86. The van der Waals surface area contributed by atoms with E-state index < -0.39 is 28.1 Å². The van der Waals surface area contributed by atoms with Crippen molar-refractivity contribution in [2.45, 2.75) is 24.3 Å². The molecule has 0 spiro atoms. The molecule has 0 bridgehead atoms. The number of nitrogens with two attached hydrogens (primary N) is 1. The summed E-state index contributed by atoms with van der Waals surface area (Å²) in [6.07, 6.45) is 0.0731. The van der Waals surface area contributed by atoms with Crippen molar-refractivity contribution in [1.29, 1.82) is 0 Å². The lowest BCUT2D eigenvalue weighted by molar-refractivity contribution is -0.119. The van der Waals surface area contributed by atoms with Crippen LogP contribution < -0.4 is 11.1 Å². The number of aromatic nitrogens is 2. The van der Waals surface area contributed by atoms with Crippen LogP contribution in [-0.4, -0.2) is 40.8 Å². The molecule has 1 atom stereocenters. The fraction of sp³-hybridized carbons (Fsp3) is 0.167. The summed E-state index contributed by atoms with van der Waals surface area (Å²) in [5.74, 6) is -0.805. The number of carbonyl (C=O) groups excluding carboxylic acids is 1. The first-order chi connectivity index (χ1) is 13.2. The van der Waals surface area contributed by atoms with Crippen LogP contribution in [0.15, 0.2) is 53.6 Å². The molecule has 146 valence electrons. The molecule has 0 aliphatic carbocycles. The summed E-state index contributed by atoms with van der Waals surface area (Å²) in [6, 6.07) is 10.1. The Morgan fingerprint density at radius 1 is 1.21 bits per heavy atom. The zero-order valence-electron chi connectivity index (χ0n) is 14.9. The summed E-state index contributed by atoms with van der Waals surface area (Å²) in [6.45, 7) is 1.86. The third-order valence-electron chi connectivity index (χ3n) is 4.23. The van der Waals surface area contributed by atoms with Crippen molar-refractivity contribution in [2.24, 2.45) is 5.73 Å². The van der Waals surface area contributed by atoms with Crippen LogP contribution in [0.3, 0.4) is 0 Å². The number of carbonyl (C=O) groups is 2. The van der Waals surface area contributed by atoms with Gasteiger partial charge < -0.3 is 16.2 Å². The summed E-state index contributed by atoms with van der Waals surface area (Å²) < 4.78 is 26.7. The largest absolute Gasteiger partial charge is 0.465 e. The topological polar surface area (TPSA) is 144 Å². The first-order valence-electron chi connectivity index (χ1n) is 8.26. The minimum atomic E-state index is -3.86. The first-order valence-corrected chi connectivity index (χ1v) is 9.70. The fourth-order valence-corrected chi connectivity index (χ4v) is 4.07. The number of hydrogen-bond acceptors (Lipinski definition) is 5. The average Bonchev–Trinajstić information content (AvgIpc) is 3.05. The number of benzene rings is 2. The predicted octanol–water partition coefficient (Wildman–Crippen LogP) is 1.25. The molecule has 1 aromatic heterocycles. The molecule has 2 amide bonds. The quantitative estimate of drug-likeness (QED) is 0.566. The van der Waals surface area contributed by atoms with Gasteiger partial charge >= 0.3 is 6.09 Å². The molecule has 4 N–H and O–H groups in total. The Labute approximate surface area is 160 Å². The molecule has 3 aromatic rings. The van der Waals surface area contributed by atoms with Crippen molar-refractivity contribution < 1.29 is 23.1 Å². The van der Waals surface area contributed by atoms with Crippen LogP contribution in [0.2, 0.25) is 0 Å². The zero-order chi connectivity index (χ0) is 20.5. The molecule has 10 heteroatoms. The monoisotopic (exact) mass is 402 g/mol. The molecule has 0 radical (unpaired) electrons. The molecular weight excluding hydrogens is 384 g/mol. The van der Waals surface area contributed by atoms with Gasteiger partial charge in [0.1, 0.15) is 6.04 Å². The lowest BCUT2D eigenvalue weighted by atomic mass is 10.0. The van der Waals surface area contributed by atoms with Crippen molar-refractivity contribution in [3.05, 3.63) is 59.8 Å². The lowest BCUT2D eigenvalue weighted by Crippen LogP contribution is -2.45. The molecule has 3 rings (SSSR count). The normalized spacial score (nSPS) is 12.6. The van der Waals surface area contributed by atoms with E-state index in [2.05, 4.69) is 10.4 Å². The molecule has 0 aliphatic heterocycles. The van der Waals surface area contributed by atoms with E-state index in [1.807, 2.05) is 6.92 Å². The van der Waals surface area contributed by atoms with E-state index >= 15 is 0 Å². The summed E-state index contributed by atoms with van der Waals surface area (Å²) in [5.41, 5.74) is 7.13. The number of rotatable bonds is 6. The van der Waals surface area contributed by atoms with Crippen LogP contribution in [0.25, 0.3) is 10.9 Å². The molecule has 28 heavy (non-hydrogen) atoms. The molecule has 2 aromatic carbocycles. The van der Waals surface area contributed by atoms with Gasteiger partial charge in [0.05, 0.1) is 16.6 Å². The number of amides is 2. The number of primary amides is 1. The average molecular weight is 402 g/mol. The smallest absolute Gasteiger partial charge is 0.405 e. The maximum absolute atomic E-state index is 12.9. The third-order valence-corrected chi connectivity index (χ3v) is 5.84. The molecule has 1 heterocycles. The van der Waals surface area contributed by atoms with Gasteiger partial charge in [-0.15, -0.1) is 0 Å². The molecule has 0 aliphatic rings. The number of nitrogens with zero attached hydrogens (tertiary/aromatic N) is 2. The van der Waals surface area contributed by atoms with Crippen molar-refractivity contribution in [3.63, 3.8) is 0 Å². The number of nitrogens with one attached hydrogen (secondary N) is 1. The molecule has 0 saturated carbocycles. The van der Waals surface area contributed by atoms with Gasteiger partial charge in [-0.3, -0.25) is 4.79 Å². The van der Waals surface area contributed by atoms with E-state index in [9.17, 15) is 18.0 Å². The fourth-order valence-electron chi connectivity index (χ4n) is 2.79. The Balaban J connectivity index is 1.95. The summed E-state index contributed by atoms with van der Waals surface area (Å²) in [4.78, 5) is 22.3. The number of aryl methyl sites for hydroxylation is 1. The van der Waals surface area contributed by atoms with E-state index in [1.165, 1.54) is 18.3 Å². The molecular formula is C18H18N4O5S. The van der Waals surface area contributed by atoms with E-state index in [-0.39, 0.29) is 11.3 Å². The second-order valence-electron chi connectivity index (χ2n) is 6.31. The van der Waals surface area contributed by atoms with E-state index in [1.54, 1.807) is 30.3 Å². The Hall–Kier alpha value is -3.40. The van der Waals surface area contributed by atoms with Crippen molar-refractivity contribution in [3.8, 4) is 0 Å². The van der Waals surface area contributed by atoms with Crippen LogP contribution in [0.5, 0.6) is 0 Å². The maximum atomic E-state index is 12.9. The van der Waals surface area contributed by atoms with Gasteiger partial charge in [-0.2, -0.15) is 17.6 Å². The van der Waals surface area contributed by atoms with Gasteiger partial charge in [-0.25, -0.2) is 4.79 Å². The highest BCUT2D eigenvalue weighted by molar-refractivity contribution is 7.90. The van der Waals surface area contributed by atoms with Crippen LogP contribution in [0, 0.1) is 6.92 Å². The van der Waals surface area contributed by atoms with E-state index in [4.69, 9.17) is 10.8 Å². The third kappa shape index (κ3) is 3.81. The summed E-state index contributed by atoms with van der Waals surface area (Å²) >= 11 is 0. The molecule has 0 saturated heterocycles. The highest BCUT2D eigenvalue weighted by atomic mass is 32.2. The van der Waals surface area contributed by atoms with Crippen LogP contribution in [-0.2, 0) is 21.2 Å². The minimum Gasteiger partial charge on any atom is -0.465 e. The molecule has 9 nitrogen and oxygen atoms in total. The molecule has 0 fully saturated rings. The van der Waals surface area contributed by atoms with Crippen molar-refractivity contribution in [1.82, 2.24) is 14.5 Å². The van der Waals surface area contributed by atoms with Crippen LogP contribution in [0.4, 0.5) is 4.79 Å². The number of carboxylic acid groups (broad SMARTS) is 1. The minimum absolute atomic E-state index is 0.0352. The standard InChI is InChI=1S/C18H18N4O5S/c1-11-2-5-14(6-3-11)28(26,27)22-16-7-4-12(8-13(16)10-20-22)9-15(17(19)23)21-18(24)25/h2-8,10,15,21H,9H2,1H3,(H2,19,23)(H,24,25). The van der Waals surface area contributed by atoms with Gasteiger partial charge in [0.25, 0.3) is 10.0 Å². The van der Waals surface area contributed by atoms with Crippen molar-refractivity contribution >= 4 is 32.9 Å². The lowest BCUT2D eigenvalue weighted by Gasteiger charge is -2.13. The van der Waals surface area contributed by atoms with E-state index in [0.29, 0.717) is 16.5 Å². The van der Waals surface area contributed by atoms with Gasteiger partial charge in [-0.1, -0.05) is 23.8 Å². The molecule has 1 unspecified atom stereocenters. The number of fused-ring (bicyclic) bond motifs is 1. The highest BCUT2D eigenvalue weighted by Crippen LogP contribution is 2.22. The van der Waals surface area contributed by atoms with Gasteiger partial charge in [-0.05, 0) is 36.8 Å². The second kappa shape index (κ2) is 7.31. The van der Waals surface area contributed by atoms with Gasteiger partial charge in [0.15, 0.2) is 0 Å². The predicted molar refractivity (Wildman–Crippen MR) is 101 cm³/mol. The van der Waals surface area contributed by atoms with Crippen molar-refractivity contribution in [2.75, 3.05) is 0 Å².